The van der Waals surface area contributed by atoms with Gasteiger partial charge >= 0.3 is 0 Å². The molecule has 10 atom stereocenters. The maximum absolute atomic E-state index is 5.81. The molecule has 0 radical (unpaired) electrons. The molecule has 4 saturated heterocycles. The van der Waals surface area contributed by atoms with E-state index >= 15 is 0 Å². The van der Waals surface area contributed by atoms with Crippen molar-refractivity contribution < 1.29 is 18.9 Å². The third-order valence-corrected chi connectivity index (χ3v) is 18.8. The number of hydrogen-bond donors (Lipinski definition) is 0. The lowest BCUT2D eigenvalue weighted by atomic mass is 9.70. The Morgan fingerprint density at radius 3 is 1.25 bits per heavy atom. The van der Waals surface area contributed by atoms with Crippen LogP contribution in [0.15, 0.2) is 11.6 Å². The molecule has 2 saturated carbocycles. The highest BCUT2D eigenvalue weighted by Gasteiger charge is 2.44. The molecule has 0 amide bonds. The van der Waals surface area contributed by atoms with Crippen molar-refractivity contribution in [2.45, 2.75) is 345 Å². The maximum atomic E-state index is 5.81. The smallest absolute Gasteiger partial charge is 0.103 e. The first-order valence-electron chi connectivity index (χ1n) is 30.4. The van der Waals surface area contributed by atoms with Crippen LogP contribution in [0.1, 0.15) is 302 Å². The zero-order valence-electron chi connectivity index (χ0n) is 43.2. The maximum Gasteiger partial charge on any atom is 0.103 e. The van der Waals surface area contributed by atoms with E-state index in [0.29, 0.717) is 48.1 Å². The van der Waals surface area contributed by atoms with Crippen molar-refractivity contribution >= 4 is 0 Å². The first-order chi connectivity index (χ1) is 32.1. The van der Waals surface area contributed by atoms with Crippen molar-refractivity contribution in [3.63, 3.8) is 0 Å². The van der Waals surface area contributed by atoms with Crippen LogP contribution in [-0.4, -0.2) is 49.3 Å². The molecule has 0 N–H and O–H groups in total. The van der Waals surface area contributed by atoms with Crippen LogP contribution in [0.5, 0.6) is 0 Å². The summed E-state index contributed by atoms with van der Waals surface area (Å²) in [5.41, 5.74) is 2.32. The highest BCUT2D eigenvalue weighted by atomic mass is 16.6. The first kappa shape index (κ1) is 52.4. The van der Waals surface area contributed by atoms with Gasteiger partial charge in [-0.3, -0.25) is 0 Å². The summed E-state index contributed by atoms with van der Waals surface area (Å²) in [6, 6.07) is 0. The van der Waals surface area contributed by atoms with Gasteiger partial charge in [0.2, 0.25) is 0 Å². The second-order valence-electron chi connectivity index (χ2n) is 24.4. The minimum atomic E-state index is 0.492. The molecule has 0 aromatic rings. The quantitative estimate of drug-likeness (QED) is 0.0349. The van der Waals surface area contributed by atoms with Crippen LogP contribution in [0.4, 0.5) is 0 Å². The summed E-state index contributed by atoms with van der Waals surface area (Å²) in [6.45, 7) is 3.27. The zero-order valence-corrected chi connectivity index (χ0v) is 43.2. The Balaban J connectivity index is 0.793. The van der Waals surface area contributed by atoms with Gasteiger partial charge in [-0.2, -0.15) is 0 Å². The van der Waals surface area contributed by atoms with Gasteiger partial charge in [-0.1, -0.05) is 204 Å². The highest BCUT2D eigenvalue weighted by molar-refractivity contribution is 5.17. The van der Waals surface area contributed by atoms with Crippen LogP contribution >= 0.6 is 0 Å². The molecule has 0 spiro atoms. The Hall–Kier alpha value is -0.420. The Morgan fingerprint density at radius 1 is 0.400 bits per heavy atom. The molecular formula is C61H108O4. The van der Waals surface area contributed by atoms with Crippen molar-refractivity contribution in [1.29, 1.82) is 0 Å². The van der Waals surface area contributed by atoms with Crippen LogP contribution in [0.2, 0.25) is 0 Å². The van der Waals surface area contributed by atoms with E-state index in [-0.39, 0.29) is 0 Å². The van der Waals surface area contributed by atoms with Crippen molar-refractivity contribution in [1.82, 2.24) is 0 Å². The van der Waals surface area contributed by atoms with Crippen LogP contribution in [-0.2, 0) is 18.9 Å². The third-order valence-electron chi connectivity index (χ3n) is 18.8. The SMILES string of the molecule is CC1CC(CCCCCCCCCC(CCCCCCCCCC2=CC3OC3CC2)(CCCCCCCCCC2CCC3OC3C2)CCCCCCCCCC2CCC3OC3C2)CCO1. The highest BCUT2D eigenvalue weighted by Crippen LogP contribution is 2.44. The van der Waals surface area contributed by atoms with E-state index < -0.39 is 0 Å². The lowest BCUT2D eigenvalue weighted by Gasteiger charge is -2.35. The monoisotopic (exact) mass is 905 g/mol. The van der Waals surface area contributed by atoms with Gasteiger partial charge in [0, 0.05) is 6.61 Å². The molecule has 0 bridgehead atoms. The number of ether oxygens (including phenoxy) is 4. The summed E-state index contributed by atoms with van der Waals surface area (Å²) in [5, 5.41) is 0. The first-order valence-corrected chi connectivity index (χ1v) is 30.4. The second kappa shape index (κ2) is 30.3. The van der Waals surface area contributed by atoms with Gasteiger partial charge in [-0.05, 0) is 133 Å². The van der Waals surface area contributed by atoms with Gasteiger partial charge < -0.3 is 18.9 Å². The van der Waals surface area contributed by atoms with E-state index in [1.807, 2.05) is 0 Å². The molecule has 3 aliphatic carbocycles. The van der Waals surface area contributed by atoms with Gasteiger partial charge in [0.1, 0.15) is 6.10 Å². The minimum absolute atomic E-state index is 0.492. The van der Waals surface area contributed by atoms with Crippen LogP contribution in [0.25, 0.3) is 0 Å². The van der Waals surface area contributed by atoms with E-state index in [9.17, 15) is 0 Å². The lowest BCUT2D eigenvalue weighted by molar-refractivity contribution is 0.000361. The van der Waals surface area contributed by atoms with Gasteiger partial charge in [-0.25, -0.2) is 0 Å². The molecule has 6 fully saturated rings. The van der Waals surface area contributed by atoms with Crippen molar-refractivity contribution in [2.24, 2.45) is 23.2 Å². The number of unbranched alkanes of at least 4 members (excludes halogenated alkanes) is 24. The molecule has 4 aliphatic heterocycles. The molecular weight excluding hydrogens is 797 g/mol. The summed E-state index contributed by atoms with van der Waals surface area (Å²) < 4.78 is 23.2. The number of fused-ring (bicyclic) bond motifs is 3. The number of epoxide rings is 3. The van der Waals surface area contributed by atoms with E-state index in [0.717, 1.165) is 24.4 Å². The third kappa shape index (κ3) is 21.2. The predicted molar refractivity (Wildman–Crippen MR) is 275 cm³/mol. The van der Waals surface area contributed by atoms with Gasteiger partial charge in [0.15, 0.2) is 0 Å². The number of allylic oxidation sites excluding steroid dienone is 1. The van der Waals surface area contributed by atoms with Crippen molar-refractivity contribution in [3.05, 3.63) is 11.6 Å². The van der Waals surface area contributed by atoms with Gasteiger partial charge in [0.25, 0.3) is 0 Å². The summed E-state index contributed by atoms with van der Waals surface area (Å²) in [7, 11) is 0. The Bertz CT molecular complexity index is 1180. The fourth-order valence-electron chi connectivity index (χ4n) is 14.2. The molecule has 376 valence electrons. The van der Waals surface area contributed by atoms with Crippen LogP contribution in [0, 0.1) is 23.2 Å². The molecule has 0 aromatic heterocycles. The Labute approximate surface area is 403 Å². The molecule has 4 heteroatoms. The normalized spacial score (nSPS) is 31.1. The van der Waals surface area contributed by atoms with E-state index in [1.165, 1.54) is 295 Å². The van der Waals surface area contributed by atoms with Gasteiger partial charge in [-0.15, -0.1) is 0 Å². The summed E-state index contributed by atoms with van der Waals surface area (Å²) in [4.78, 5) is 0. The van der Waals surface area contributed by atoms with Crippen LogP contribution < -0.4 is 0 Å². The van der Waals surface area contributed by atoms with Crippen molar-refractivity contribution in [3.8, 4) is 0 Å². The fraction of sp³-hybridized carbons (Fsp3) is 0.967. The minimum Gasteiger partial charge on any atom is -0.378 e. The fourth-order valence-corrected chi connectivity index (χ4v) is 14.2. The van der Waals surface area contributed by atoms with E-state index in [4.69, 9.17) is 18.9 Å². The van der Waals surface area contributed by atoms with E-state index in [1.54, 1.807) is 5.57 Å². The molecule has 65 heavy (non-hydrogen) atoms. The average Bonchev–Trinajstić information content (AvgIpc) is 4.22. The lowest BCUT2D eigenvalue weighted by Crippen LogP contribution is -2.22. The Kier molecular flexibility index (Phi) is 24.5. The van der Waals surface area contributed by atoms with Crippen LogP contribution in [0.3, 0.4) is 0 Å². The molecule has 4 heterocycles. The standard InChI is InChI=1S/C61H108O4/c1-50-46-54(40-45-62-50)33-25-17-9-5-13-21-29-44-61(41-26-18-10-2-6-14-22-30-51-34-37-55-58(47-51)63-55,42-27-19-11-3-7-15-23-31-52-35-38-56-59(48-52)64-56)43-28-20-12-4-8-16-24-32-53-36-39-57-60(49-53)65-57/h47,50,52-60H,2-46,48-49H2,1H3. The number of hydrogen-bond acceptors (Lipinski definition) is 4. The molecule has 4 nitrogen and oxygen atoms in total. The molecule has 10 unspecified atom stereocenters. The summed E-state index contributed by atoms with van der Waals surface area (Å²) in [6.07, 6.45) is 73.1. The number of rotatable bonds is 40. The Morgan fingerprint density at radius 2 is 0.815 bits per heavy atom. The second-order valence-corrected chi connectivity index (χ2v) is 24.4. The molecule has 0 aromatic carbocycles. The summed E-state index contributed by atoms with van der Waals surface area (Å²) in [5.74, 6) is 2.87. The average molecular weight is 906 g/mol. The largest absolute Gasteiger partial charge is 0.378 e. The van der Waals surface area contributed by atoms with E-state index in [2.05, 4.69) is 13.0 Å². The zero-order chi connectivity index (χ0) is 44.6. The summed E-state index contributed by atoms with van der Waals surface area (Å²) >= 11 is 0. The topological polar surface area (TPSA) is 46.8 Å². The molecule has 7 rings (SSSR count). The molecule has 7 aliphatic rings. The predicted octanol–water partition coefficient (Wildman–Crippen LogP) is 18.5. The van der Waals surface area contributed by atoms with Gasteiger partial charge in [0.05, 0.1) is 36.6 Å². The van der Waals surface area contributed by atoms with Crippen molar-refractivity contribution in [2.75, 3.05) is 6.61 Å².